The summed E-state index contributed by atoms with van der Waals surface area (Å²) in [5.41, 5.74) is 1.67. The van der Waals surface area contributed by atoms with Gasteiger partial charge in [-0.25, -0.2) is 0 Å². The van der Waals surface area contributed by atoms with Gasteiger partial charge in [0.05, 0.1) is 17.1 Å². The number of aryl methyl sites for hydroxylation is 2. The van der Waals surface area contributed by atoms with E-state index in [2.05, 4.69) is 15.5 Å². The number of hydrogen-bond acceptors (Lipinski definition) is 5. The Labute approximate surface area is 145 Å². The molecule has 3 rings (SSSR count). The van der Waals surface area contributed by atoms with E-state index in [1.807, 2.05) is 6.92 Å². The standard InChI is InChI=1S/C16H17N5O3S/c1-12-3-5-14(6-4-12)25(23,24)21-10-8-15(19-21)16(22)17-11-13-7-9-20(2)18-13/h3-10H,11H2,1-2H3,(H,17,22). The summed E-state index contributed by atoms with van der Waals surface area (Å²) in [6.45, 7) is 2.10. The second-order valence-corrected chi connectivity index (χ2v) is 7.35. The Morgan fingerprint density at radius 3 is 2.44 bits per heavy atom. The van der Waals surface area contributed by atoms with Crippen LogP contribution in [0.25, 0.3) is 0 Å². The zero-order valence-electron chi connectivity index (χ0n) is 13.7. The van der Waals surface area contributed by atoms with E-state index < -0.39 is 15.9 Å². The molecule has 0 atom stereocenters. The highest BCUT2D eigenvalue weighted by atomic mass is 32.2. The van der Waals surface area contributed by atoms with Crippen LogP contribution in [-0.4, -0.2) is 33.3 Å². The first-order chi connectivity index (χ1) is 11.9. The van der Waals surface area contributed by atoms with Gasteiger partial charge in [0.15, 0.2) is 5.69 Å². The first-order valence-corrected chi connectivity index (χ1v) is 8.95. The van der Waals surface area contributed by atoms with Crippen LogP contribution < -0.4 is 5.32 Å². The van der Waals surface area contributed by atoms with Crippen LogP contribution in [0.5, 0.6) is 0 Å². The van der Waals surface area contributed by atoms with Gasteiger partial charge in [-0.05, 0) is 31.2 Å². The van der Waals surface area contributed by atoms with Crippen LogP contribution in [0.15, 0.2) is 53.7 Å². The maximum absolute atomic E-state index is 12.5. The lowest BCUT2D eigenvalue weighted by atomic mass is 10.2. The second-order valence-electron chi connectivity index (χ2n) is 5.56. The molecule has 3 aromatic rings. The molecule has 8 nitrogen and oxygen atoms in total. The number of amides is 1. The molecule has 0 saturated heterocycles. The molecule has 2 heterocycles. The van der Waals surface area contributed by atoms with Crippen molar-refractivity contribution in [1.82, 2.24) is 24.3 Å². The molecule has 130 valence electrons. The summed E-state index contributed by atoms with van der Waals surface area (Å²) in [6.07, 6.45) is 3.02. The summed E-state index contributed by atoms with van der Waals surface area (Å²) in [4.78, 5) is 12.2. The van der Waals surface area contributed by atoms with Crippen molar-refractivity contribution in [3.05, 3.63) is 65.7 Å². The van der Waals surface area contributed by atoms with E-state index >= 15 is 0 Å². The first kappa shape index (κ1) is 16.9. The molecule has 0 unspecified atom stereocenters. The SMILES string of the molecule is Cc1ccc(S(=O)(=O)n2ccc(C(=O)NCc3ccn(C)n3)n2)cc1. The normalized spacial score (nSPS) is 11.4. The molecular weight excluding hydrogens is 342 g/mol. The molecule has 9 heteroatoms. The minimum atomic E-state index is -3.82. The lowest BCUT2D eigenvalue weighted by Crippen LogP contribution is -2.24. The molecule has 1 amide bonds. The largest absolute Gasteiger partial charge is 0.345 e. The molecular formula is C16H17N5O3S. The summed E-state index contributed by atoms with van der Waals surface area (Å²) in [6, 6.07) is 9.56. The van der Waals surface area contributed by atoms with Crippen LogP contribution in [0.3, 0.4) is 0 Å². The zero-order chi connectivity index (χ0) is 18.0. The van der Waals surface area contributed by atoms with Crippen molar-refractivity contribution in [1.29, 1.82) is 0 Å². The highest BCUT2D eigenvalue weighted by Crippen LogP contribution is 2.14. The van der Waals surface area contributed by atoms with Crippen molar-refractivity contribution >= 4 is 15.9 Å². The van der Waals surface area contributed by atoms with Gasteiger partial charge >= 0.3 is 0 Å². The minimum absolute atomic E-state index is 0.0200. The predicted molar refractivity (Wildman–Crippen MR) is 90.4 cm³/mol. The maximum atomic E-state index is 12.5. The third-order valence-corrected chi connectivity index (χ3v) is 5.13. The van der Waals surface area contributed by atoms with E-state index in [0.717, 1.165) is 9.65 Å². The van der Waals surface area contributed by atoms with Crippen molar-refractivity contribution in [2.45, 2.75) is 18.4 Å². The Morgan fingerprint density at radius 1 is 1.08 bits per heavy atom. The van der Waals surface area contributed by atoms with E-state index in [-0.39, 0.29) is 17.1 Å². The van der Waals surface area contributed by atoms with Crippen LogP contribution in [0.4, 0.5) is 0 Å². The van der Waals surface area contributed by atoms with E-state index in [0.29, 0.717) is 5.69 Å². The average Bonchev–Trinajstić information content (AvgIpc) is 3.22. The molecule has 1 aromatic carbocycles. The topological polar surface area (TPSA) is 98.9 Å². The molecule has 0 radical (unpaired) electrons. The van der Waals surface area contributed by atoms with Crippen LogP contribution >= 0.6 is 0 Å². The molecule has 25 heavy (non-hydrogen) atoms. The molecule has 0 spiro atoms. The van der Waals surface area contributed by atoms with Gasteiger partial charge in [0, 0.05) is 19.4 Å². The molecule has 0 saturated carbocycles. The Hall–Kier alpha value is -2.94. The van der Waals surface area contributed by atoms with Gasteiger partial charge in [-0.15, -0.1) is 0 Å². The van der Waals surface area contributed by atoms with Crippen LogP contribution in [0.2, 0.25) is 0 Å². The quantitative estimate of drug-likeness (QED) is 0.735. The van der Waals surface area contributed by atoms with Gasteiger partial charge in [0.2, 0.25) is 0 Å². The number of nitrogens with zero attached hydrogens (tertiary/aromatic N) is 4. The zero-order valence-corrected chi connectivity index (χ0v) is 14.6. The highest BCUT2D eigenvalue weighted by molar-refractivity contribution is 7.89. The lowest BCUT2D eigenvalue weighted by molar-refractivity contribution is 0.0945. The fourth-order valence-corrected chi connectivity index (χ4v) is 3.31. The Kier molecular flexibility index (Phi) is 4.41. The third kappa shape index (κ3) is 3.61. The number of carbonyl (C=O) groups is 1. The molecule has 0 aliphatic rings. The third-order valence-electron chi connectivity index (χ3n) is 3.56. The van der Waals surface area contributed by atoms with Gasteiger partial charge in [-0.2, -0.15) is 22.7 Å². The summed E-state index contributed by atoms with van der Waals surface area (Å²) in [7, 11) is -2.04. The van der Waals surface area contributed by atoms with Gasteiger partial charge in [0.25, 0.3) is 15.9 Å². The van der Waals surface area contributed by atoms with E-state index in [9.17, 15) is 13.2 Å². The van der Waals surface area contributed by atoms with Crippen molar-refractivity contribution in [2.75, 3.05) is 0 Å². The number of carbonyl (C=O) groups excluding carboxylic acids is 1. The molecule has 0 aliphatic heterocycles. The minimum Gasteiger partial charge on any atom is -0.345 e. The molecule has 2 aromatic heterocycles. The van der Waals surface area contributed by atoms with Crippen molar-refractivity contribution in [2.24, 2.45) is 7.05 Å². The van der Waals surface area contributed by atoms with Crippen LogP contribution in [-0.2, 0) is 23.6 Å². The van der Waals surface area contributed by atoms with Crippen molar-refractivity contribution < 1.29 is 13.2 Å². The Morgan fingerprint density at radius 2 is 1.80 bits per heavy atom. The monoisotopic (exact) mass is 359 g/mol. The van der Waals surface area contributed by atoms with E-state index in [4.69, 9.17) is 0 Å². The molecule has 0 bridgehead atoms. The van der Waals surface area contributed by atoms with Crippen LogP contribution in [0.1, 0.15) is 21.7 Å². The number of hydrogen-bond donors (Lipinski definition) is 1. The number of aromatic nitrogens is 4. The summed E-state index contributed by atoms with van der Waals surface area (Å²) in [5.74, 6) is -0.469. The van der Waals surface area contributed by atoms with Gasteiger partial charge in [0.1, 0.15) is 0 Å². The average molecular weight is 359 g/mol. The summed E-state index contributed by atoms with van der Waals surface area (Å²) < 4.78 is 27.5. The number of benzene rings is 1. The van der Waals surface area contributed by atoms with Crippen LogP contribution in [0, 0.1) is 6.92 Å². The smallest absolute Gasteiger partial charge is 0.282 e. The number of nitrogens with one attached hydrogen (secondary N) is 1. The van der Waals surface area contributed by atoms with Crippen molar-refractivity contribution in [3.8, 4) is 0 Å². The summed E-state index contributed by atoms with van der Waals surface area (Å²) in [5, 5.41) is 10.7. The maximum Gasteiger partial charge on any atom is 0.282 e. The Bertz CT molecular complexity index is 1000. The first-order valence-electron chi connectivity index (χ1n) is 7.51. The molecule has 1 N–H and O–H groups in total. The highest BCUT2D eigenvalue weighted by Gasteiger charge is 2.20. The van der Waals surface area contributed by atoms with Gasteiger partial charge in [-0.3, -0.25) is 9.48 Å². The predicted octanol–water partition coefficient (Wildman–Crippen LogP) is 1.09. The van der Waals surface area contributed by atoms with Crippen molar-refractivity contribution in [3.63, 3.8) is 0 Å². The summed E-state index contributed by atoms with van der Waals surface area (Å²) >= 11 is 0. The number of rotatable bonds is 5. The van der Waals surface area contributed by atoms with E-state index in [1.54, 1.807) is 36.1 Å². The fraction of sp³-hybridized carbons (Fsp3) is 0.188. The second kappa shape index (κ2) is 6.52. The Balaban J connectivity index is 1.75. The van der Waals surface area contributed by atoms with E-state index in [1.165, 1.54) is 24.4 Å². The molecule has 0 aliphatic carbocycles. The van der Waals surface area contributed by atoms with Gasteiger partial charge in [-0.1, -0.05) is 17.7 Å². The lowest BCUT2D eigenvalue weighted by Gasteiger charge is -2.04. The molecule has 0 fully saturated rings. The fourth-order valence-electron chi connectivity index (χ4n) is 2.20. The van der Waals surface area contributed by atoms with Gasteiger partial charge < -0.3 is 5.32 Å².